The molecule has 0 radical (unpaired) electrons. The van der Waals surface area contributed by atoms with Crippen LogP contribution in [0.1, 0.15) is 29.8 Å². The Labute approximate surface area is 153 Å². The second-order valence-corrected chi connectivity index (χ2v) is 8.34. The standard InChI is InChI=1S/C19H22N2O4S/c1-13(2)18(22)21-16-8-4-6-14(10-16)12-20-19(23)15-7-5-9-17(11-15)26(3,24)25/h4-11,13H,12H2,1-3H3,(H,20,23)(H,21,22). The second kappa shape index (κ2) is 8.14. The van der Waals surface area contributed by atoms with Crippen molar-refractivity contribution in [3.63, 3.8) is 0 Å². The van der Waals surface area contributed by atoms with Crippen LogP contribution in [0.4, 0.5) is 5.69 Å². The Bertz CT molecular complexity index is 921. The summed E-state index contributed by atoms with van der Waals surface area (Å²) < 4.78 is 23.2. The van der Waals surface area contributed by atoms with Crippen molar-refractivity contribution < 1.29 is 18.0 Å². The van der Waals surface area contributed by atoms with Crippen molar-refractivity contribution in [2.24, 2.45) is 5.92 Å². The fourth-order valence-electron chi connectivity index (χ4n) is 2.20. The first-order valence-corrected chi connectivity index (χ1v) is 10.0. The molecule has 2 N–H and O–H groups in total. The lowest BCUT2D eigenvalue weighted by atomic mass is 10.1. The van der Waals surface area contributed by atoms with E-state index in [2.05, 4.69) is 10.6 Å². The molecule has 0 aliphatic carbocycles. The van der Waals surface area contributed by atoms with Gasteiger partial charge in [0.1, 0.15) is 0 Å². The van der Waals surface area contributed by atoms with E-state index in [4.69, 9.17) is 0 Å². The summed E-state index contributed by atoms with van der Waals surface area (Å²) in [4.78, 5) is 24.1. The van der Waals surface area contributed by atoms with Gasteiger partial charge in [0, 0.05) is 30.0 Å². The van der Waals surface area contributed by atoms with Crippen molar-refractivity contribution >= 4 is 27.3 Å². The minimum atomic E-state index is -3.37. The van der Waals surface area contributed by atoms with Gasteiger partial charge in [0.05, 0.1) is 4.90 Å². The number of benzene rings is 2. The van der Waals surface area contributed by atoms with Crippen molar-refractivity contribution in [3.8, 4) is 0 Å². The third-order valence-electron chi connectivity index (χ3n) is 3.70. The molecule has 2 rings (SSSR count). The van der Waals surface area contributed by atoms with Crippen LogP contribution in [0.25, 0.3) is 0 Å². The topological polar surface area (TPSA) is 92.3 Å². The Morgan fingerprint density at radius 1 is 1.04 bits per heavy atom. The molecule has 0 atom stereocenters. The predicted molar refractivity (Wildman–Crippen MR) is 101 cm³/mol. The molecule has 0 aromatic heterocycles. The second-order valence-electron chi connectivity index (χ2n) is 6.33. The van der Waals surface area contributed by atoms with Crippen molar-refractivity contribution in [1.82, 2.24) is 5.32 Å². The Kier molecular flexibility index (Phi) is 6.15. The largest absolute Gasteiger partial charge is 0.348 e. The summed E-state index contributed by atoms with van der Waals surface area (Å²) in [6.45, 7) is 3.88. The maximum Gasteiger partial charge on any atom is 0.251 e. The van der Waals surface area contributed by atoms with Crippen LogP contribution >= 0.6 is 0 Å². The molecular weight excluding hydrogens is 352 g/mol. The molecule has 6 nitrogen and oxygen atoms in total. The van der Waals surface area contributed by atoms with Gasteiger partial charge in [-0.1, -0.05) is 32.0 Å². The van der Waals surface area contributed by atoms with E-state index in [0.29, 0.717) is 5.69 Å². The average Bonchev–Trinajstić information content (AvgIpc) is 2.59. The number of sulfone groups is 1. The molecule has 0 heterocycles. The fraction of sp³-hybridized carbons (Fsp3) is 0.263. The normalized spacial score (nSPS) is 11.2. The highest BCUT2D eigenvalue weighted by molar-refractivity contribution is 7.90. The van der Waals surface area contributed by atoms with E-state index in [1.54, 1.807) is 24.3 Å². The number of amides is 2. The van der Waals surface area contributed by atoms with Crippen LogP contribution in [0.5, 0.6) is 0 Å². The average molecular weight is 374 g/mol. The number of hydrogen-bond donors (Lipinski definition) is 2. The lowest BCUT2D eigenvalue weighted by molar-refractivity contribution is -0.118. The van der Waals surface area contributed by atoms with Gasteiger partial charge in [-0.25, -0.2) is 8.42 Å². The van der Waals surface area contributed by atoms with Gasteiger partial charge in [-0.15, -0.1) is 0 Å². The van der Waals surface area contributed by atoms with E-state index in [1.165, 1.54) is 18.2 Å². The fourth-order valence-corrected chi connectivity index (χ4v) is 2.86. The van der Waals surface area contributed by atoms with Crippen LogP contribution in [0.2, 0.25) is 0 Å². The highest BCUT2D eigenvalue weighted by Gasteiger charge is 2.12. The molecular formula is C19H22N2O4S. The van der Waals surface area contributed by atoms with E-state index in [0.717, 1.165) is 11.8 Å². The lowest BCUT2D eigenvalue weighted by Crippen LogP contribution is -2.23. The van der Waals surface area contributed by atoms with E-state index in [1.807, 2.05) is 19.9 Å². The van der Waals surface area contributed by atoms with E-state index in [-0.39, 0.29) is 34.7 Å². The predicted octanol–water partition coefficient (Wildman–Crippen LogP) is 2.61. The SMILES string of the molecule is CC(C)C(=O)Nc1cccc(CNC(=O)c2cccc(S(C)(=O)=O)c2)c1. The van der Waals surface area contributed by atoms with Gasteiger partial charge in [-0.05, 0) is 35.9 Å². The molecule has 7 heteroatoms. The van der Waals surface area contributed by atoms with E-state index in [9.17, 15) is 18.0 Å². The third-order valence-corrected chi connectivity index (χ3v) is 4.81. The van der Waals surface area contributed by atoms with Crippen LogP contribution < -0.4 is 10.6 Å². The highest BCUT2D eigenvalue weighted by Crippen LogP contribution is 2.14. The summed E-state index contributed by atoms with van der Waals surface area (Å²) in [5.74, 6) is -0.573. The maximum absolute atomic E-state index is 12.3. The molecule has 0 bridgehead atoms. The van der Waals surface area contributed by atoms with Gasteiger partial charge in [0.2, 0.25) is 5.91 Å². The highest BCUT2D eigenvalue weighted by atomic mass is 32.2. The van der Waals surface area contributed by atoms with Gasteiger partial charge >= 0.3 is 0 Å². The molecule has 0 saturated heterocycles. The first-order chi connectivity index (χ1) is 12.2. The van der Waals surface area contributed by atoms with E-state index < -0.39 is 9.84 Å². The summed E-state index contributed by atoms with van der Waals surface area (Å²) in [5, 5.41) is 5.56. The zero-order valence-electron chi connectivity index (χ0n) is 14.9. The van der Waals surface area contributed by atoms with Crippen LogP contribution in [-0.4, -0.2) is 26.5 Å². The molecule has 0 aliphatic heterocycles. The Balaban J connectivity index is 2.05. The van der Waals surface area contributed by atoms with Crippen LogP contribution in [-0.2, 0) is 21.2 Å². The molecule has 2 amide bonds. The third kappa shape index (κ3) is 5.42. The molecule has 2 aromatic carbocycles. The molecule has 26 heavy (non-hydrogen) atoms. The van der Waals surface area contributed by atoms with Crippen LogP contribution in [0.15, 0.2) is 53.4 Å². The molecule has 138 valence electrons. The quantitative estimate of drug-likeness (QED) is 0.813. The molecule has 0 spiro atoms. The summed E-state index contributed by atoms with van der Waals surface area (Å²) >= 11 is 0. The molecule has 0 aliphatic rings. The van der Waals surface area contributed by atoms with Gasteiger partial charge in [-0.2, -0.15) is 0 Å². The molecule has 2 aromatic rings. The number of carbonyl (C=O) groups excluding carboxylic acids is 2. The van der Waals surface area contributed by atoms with Crippen molar-refractivity contribution in [3.05, 3.63) is 59.7 Å². The smallest absolute Gasteiger partial charge is 0.251 e. The van der Waals surface area contributed by atoms with Gasteiger partial charge in [-0.3, -0.25) is 9.59 Å². The summed E-state index contributed by atoms with van der Waals surface area (Å²) in [7, 11) is -3.37. The molecule has 0 saturated carbocycles. The Morgan fingerprint density at radius 3 is 2.38 bits per heavy atom. The number of hydrogen-bond acceptors (Lipinski definition) is 4. The van der Waals surface area contributed by atoms with Gasteiger partial charge in [0.15, 0.2) is 9.84 Å². The number of carbonyl (C=O) groups is 2. The summed E-state index contributed by atoms with van der Waals surface area (Å²) in [6.07, 6.45) is 1.10. The maximum atomic E-state index is 12.3. The molecule has 0 fully saturated rings. The van der Waals surface area contributed by atoms with Gasteiger partial charge < -0.3 is 10.6 Å². The minimum Gasteiger partial charge on any atom is -0.348 e. The summed E-state index contributed by atoms with van der Waals surface area (Å²) in [5.41, 5.74) is 1.76. The number of anilines is 1. The number of nitrogens with one attached hydrogen (secondary N) is 2. The lowest BCUT2D eigenvalue weighted by Gasteiger charge is -2.10. The summed E-state index contributed by atoms with van der Waals surface area (Å²) in [6, 6.07) is 13.1. The number of rotatable bonds is 6. The monoisotopic (exact) mass is 374 g/mol. The zero-order chi connectivity index (χ0) is 19.3. The Morgan fingerprint density at radius 2 is 1.73 bits per heavy atom. The first-order valence-electron chi connectivity index (χ1n) is 8.15. The van der Waals surface area contributed by atoms with Crippen molar-refractivity contribution in [1.29, 1.82) is 0 Å². The molecule has 0 unspecified atom stereocenters. The zero-order valence-corrected chi connectivity index (χ0v) is 15.8. The first kappa shape index (κ1) is 19.7. The minimum absolute atomic E-state index is 0.0798. The van der Waals surface area contributed by atoms with Gasteiger partial charge in [0.25, 0.3) is 5.91 Å². The van der Waals surface area contributed by atoms with Crippen LogP contribution in [0, 0.1) is 5.92 Å². The van der Waals surface area contributed by atoms with E-state index >= 15 is 0 Å². The van der Waals surface area contributed by atoms with Crippen molar-refractivity contribution in [2.45, 2.75) is 25.3 Å². The Hall–Kier alpha value is -2.67. The van der Waals surface area contributed by atoms with Crippen LogP contribution in [0.3, 0.4) is 0 Å². The van der Waals surface area contributed by atoms with Crippen molar-refractivity contribution in [2.75, 3.05) is 11.6 Å².